The van der Waals surface area contributed by atoms with Crippen molar-refractivity contribution in [2.24, 2.45) is 0 Å². The highest BCUT2D eigenvalue weighted by Gasteiger charge is 2.47. The molecule has 0 aliphatic heterocycles. The predicted octanol–water partition coefficient (Wildman–Crippen LogP) is 4.25. The first-order valence-corrected chi connectivity index (χ1v) is 5.86. The third-order valence-electron chi connectivity index (χ3n) is 3.00. The number of rotatable bonds is 2. The predicted molar refractivity (Wildman–Crippen MR) is 65.0 cm³/mol. The Kier molecular flexibility index (Phi) is 3.62. The van der Waals surface area contributed by atoms with Gasteiger partial charge in [-0.25, -0.2) is 0 Å². The van der Waals surface area contributed by atoms with Crippen molar-refractivity contribution in [1.82, 2.24) is 4.98 Å². The van der Waals surface area contributed by atoms with Crippen molar-refractivity contribution in [2.45, 2.75) is 19.3 Å². The first-order chi connectivity index (χ1) is 9.96. The molecule has 0 spiro atoms. The molecule has 0 fully saturated rings. The van der Waals surface area contributed by atoms with Gasteiger partial charge in [0.05, 0.1) is 18.2 Å². The number of H-pyrrole nitrogens is 1. The van der Waals surface area contributed by atoms with Crippen LogP contribution in [0, 0.1) is 6.92 Å². The molecule has 0 atom stereocenters. The Morgan fingerprint density at radius 2 is 1.73 bits per heavy atom. The van der Waals surface area contributed by atoms with Crippen molar-refractivity contribution >= 4 is 16.7 Å². The largest absolute Gasteiger partial charge is 0.495 e. The fourth-order valence-corrected chi connectivity index (χ4v) is 2.15. The maximum Gasteiger partial charge on any atom is 0.454 e. The number of fused-ring (bicyclic) bond motifs is 1. The van der Waals surface area contributed by atoms with Gasteiger partial charge in [-0.2, -0.15) is 26.3 Å². The molecule has 0 saturated carbocycles. The molecule has 9 heteroatoms. The lowest BCUT2D eigenvalue weighted by atomic mass is 10.0. The third kappa shape index (κ3) is 2.62. The van der Waals surface area contributed by atoms with Crippen LogP contribution in [0.25, 0.3) is 10.9 Å². The molecule has 0 aliphatic carbocycles. The molecule has 0 bridgehead atoms. The number of aromatic nitrogens is 1. The van der Waals surface area contributed by atoms with Gasteiger partial charge in [-0.1, -0.05) is 0 Å². The standard InChI is InChI=1S/C13H9F6NO2/c1-5-3-6-8(11(21)13(17,18)19)10(12(14,15)16)20-9(6)7(4-5)22-2/h3-4,20H,1-2H3. The number of nitrogens with one attached hydrogen (secondary N) is 1. The average Bonchev–Trinajstić information content (AvgIpc) is 2.74. The van der Waals surface area contributed by atoms with Gasteiger partial charge in [-0.3, -0.25) is 4.79 Å². The number of ketones is 1. The Balaban J connectivity index is 2.92. The zero-order valence-corrected chi connectivity index (χ0v) is 11.2. The van der Waals surface area contributed by atoms with Crippen LogP contribution in [0.4, 0.5) is 26.3 Å². The summed E-state index contributed by atoms with van der Waals surface area (Å²) in [7, 11) is 1.16. The van der Waals surface area contributed by atoms with E-state index in [-0.39, 0.29) is 11.3 Å². The van der Waals surface area contributed by atoms with Gasteiger partial charge in [0.2, 0.25) is 0 Å². The maximum absolute atomic E-state index is 13.0. The minimum Gasteiger partial charge on any atom is -0.495 e. The first-order valence-electron chi connectivity index (χ1n) is 5.86. The summed E-state index contributed by atoms with van der Waals surface area (Å²) >= 11 is 0. The molecule has 1 N–H and O–H groups in total. The molecular formula is C13H9F6NO2. The Bertz CT molecular complexity index is 742. The highest BCUT2D eigenvalue weighted by molar-refractivity contribution is 6.13. The van der Waals surface area contributed by atoms with Crippen molar-refractivity contribution in [2.75, 3.05) is 7.11 Å². The summed E-state index contributed by atoms with van der Waals surface area (Å²) in [6.07, 6.45) is -10.6. The van der Waals surface area contributed by atoms with E-state index in [4.69, 9.17) is 4.74 Å². The molecule has 1 aromatic carbocycles. The molecule has 120 valence electrons. The molecule has 1 aromatic heterocycles. The quantitative estimate of drug-likeness (QED) is 0.662. The molecule has 0 radical (unpaired) electrons. The van der Waals surface area contributed by atoms with Crippen LogP contribution in [-0.4, -0.2) is 24.1 Å². The van der Waals surface area contributed by atoms with Gasteiger partial charge in [-0.05, 0) is 24.6 Å². The van der Waals surface area contributed by atoms with Crippen LogP contribution in [0.3, 0.4) is 0 Å². The highest BCUT2D eigenvalue weighted by atomic mass is 19.4. The molecule has 2 aromatic rings. The lowest BCUT2D eigenvalue weighted by Crippen LogP contribution is -2.25. The van der Waals surface area contributed by atoms with Crippen molar-refractivity contribution in [3.05, 3.63) is 29.0 Å². The maximum atomic E-state index is 13.0. The molecule has 0 aliphatic rings. The van der Waals surface area contributed by atoms with Crippen molar-refractivity contribution in [3.63, 3.8) is 0 Å². The average molecular weight is 325 g/mol. The van der Waals surface area contributed by atoms with E-state index in [2.05, 4.69) is 0 Å². The summed E-state index contributed by atoms with van der Waals surface area (Å²) in [5, 5.41) is -0.480. The minimum atomic E-state index is -5.42. The Morgan fingerprint density at radius 1 is 1.14 bits per heavy atom. The second kappa shape index (κ2) is 4.92. The van der Waals surface area contributed by atoms with Gasteiger partial charge >= 0.3 is 12.4 Å². The summed E-state index contributed by atoms with van der Waals surface area (Å²) < 4.78 is 81.7. The minimum absolute atomic E-state index is 0.0817. The number of ether oxygens (including phenoxy) is 1. The van der Waals surface area contributed by atoms with E-state index in [1.807, 2.05) is 4.98 Å². The van der Waals surface area contributed by atoms with E-state index in [1.165, 1.54) is 13.0 Å². The van der Waals surface area contributed by atoms with Crippen molar-refractivity contribution in [1.29, 1.82) is 0 Å². The van der Waals surface area contributed by atoms with Gasteiger partial charge < -0.3 is 9.72 Å². The van der Waals surface area contributed by atoms with Gasteiger partial charge in [0.15, 0.2) is 0 Å². The Labute approximate surface area is 119 Å². The first kappa shape index (κ1) is 16.2. The number of aryl methyl sites for hydroxylation is 1. The number of carbonyl (C=O) groups excluding carboxylic acids is 1. The van der Waals surface area contributed by atoms with Gasteiger partial charge in [0, 0.05) is 5.39 Å². The number of Topliss-reactive ketones (excluding diaryl/α,β-unsaturated/α-hetero) is 1. The van der Waals surface area contributed by atoms with Crippen LogP contribution in [0.2, 0.25) is 0 Å². The normalized spacial score (nSPS) is 12.7. The van der Waals surface area contributed by atoms with Gasteiger partial charge in [0.1, 0.15) is 11.4 Å². The highest BCUT2D eigenvalue weighted by Crippen LogP contribution is 2.41. The summed E-state index contributed by atoms with van der Waals surface area (Å²) in [4.78, 5) is 13.3. The zero-order valence-electron chi connectivity index (χ0n) is 11.2. The van der Waals surface area contributed by atoms with Crippen LogP contribution >= 0.6 is 0 Å². The van der Waals surface area contributed by atoms with E-state index in [0.717, 1.165) is 13.2 Å². The van der Waals surface area contributed by atoms with Crippen LogP contribution in [0.15, 0.2) is 12.1 Å². The van der Waals surface area contributed by atoms with Crippen molar-refractivity contribution in [3.8, 4) is 5.75 Å². The van der Waals surface area contributed by atoms with E-state index in [9.17, 15) is 31.1 Å². The number of carbonyl (C=O) groups is 1. The fourth-order valence-electron chi connectivity index (χ4n) is 2.15. The van der Waals surface area contributed by atoms with Crippen LogP contribution in [0.5, 0.6) is 5.75 Å². The van der Waals surface area contributed by atoms with Gasteiger partial charge in [-0.15, -0.1) is 0 Å². The molecule has 0 amide bonds. The van der Waals surface area contributed by atoms with E-state index < -0.39 is 34.8 Å². The SMILES string of the molecule is COc1cc(C)cc2c(C(=O)C(F)(F)F)c(C(F)(F)F)[nH]c12. The van der Waals surface area contributed by atoms with E-state index in [0.29, 0.717) is 5.56 Å². The molecule has 0 saturated heterocycles. The lowest BCUT2D eigenvalue weighted by molar-refractivity contribution is -0.141. The summed E-state index contributed by atoms with van der Waals surface area (Å²) in [6, 6.07) is 2.42. The monoisotopic (exact) mass is 325 g/mol. The van der Waals surface area contributed by atoms with Crippen molar-refractivity contribution < 1.29 is 35.9 Å². The number of alkyl halides is 6. The molecule has 2 rings (SSSR count). The molecule has 3 nitrogen and oxygen atoms in total. The van der Waals surface area contributed by atoms with Crippen LogP contribution in [-0.2, 0) is 6.18 Å². The second-order valence-corrected chi connectivity index (χ2v) is 4.59. The topological polar surface area (TPSA) is 42.1 Å². The number of hydrogen-bond acceptors (Lipinski definition) is 2. The third-order valence-corrected chi connectivity index (χ3v) is 3.00. The van der Waals surface area contributed by atoms with Crippen LogP contribution in [0.1, 0.15) is 21.6 Å². The lowest BCUT2D eigenvalue weighted by Gasteiger charge is -2.09. The summed E-state index contributed by atoms with van der Waals surface area (Å²) in [6.45, 7) is 1.46. The number of halogens is 6. The smallest absolute Gasteiger partial charge is 0.454 e. The second-order valence-electron chi connectivity index (χ2n) is 4.59. The Hall–Kier alpha value is -2.19. The molecule has 22 heavy (non-hydrogen) atoms. The summed E-state index contributed by atoms with van der Waals surface area (Å²) in [5.41, 5.74) is -3.15. The molecular weight excluding hydrogens is 316 g/mol. The van der Waals surface area contributed by atoms with Crippen LogP contribution < -0.4 is 4.74 Å². The van der Waals surface area contributed by atoms with E-state index in [1.54, 1.807) is 0 Å². The number of benzene rings is 1. The molecule has 0 unspecified atom stereocenters. The number of aromatic amines is 1. The number of hydrogen-bond donors (Lipinski definition) is 1. The zero-order chi connectivity index (χ0) is 16.9. The summed E-state index contributed by atoms with van der Waals surface area (Å²) in [5.74, 6) is -2.64. The Morgan fingerprint density at radius 3 is 2.18 bits per heavy atom. The van der Waals surface area contributed by atoms with Gasteiger partial charge in [0.25, 0.3) is 5.78 Å². The number of methoxy groups -OCH3 is 1. The van der Waals surface area contributed by atoms with E-state index >= 15 is 0 Å². The molecule has 1 heterocycles. The fraction of sp³-hybridized carbons (Fsp3) is 0.308.